The Morgan fingerprint density at radius 1 is 1.12 bits per heavy atom. The maximum Gasteiger partial charge on any atom is 0.138 e. The molecule has 1 N–H and O–H groups in total. The summed E-state index contributed by atoms with van der Waals surface area (Å²) in [6.07, 6.45) is 9.47. The summed E-state index contributed by atoms with van der Waals surface area (Å²) in [5, 5.41) is 10.0. The Bertz CT molecular complexity index is 587. The third-order valence-corrected chi connectivity index (χ3v) is 2.85. The molecule has 0 atom stereocenters. The zero-order chi connectivity index (χ0) is 11.8. The summed E-state index contributed by atoms with van der Waals surface area (Å²) >= 11 is 0. The van der Waals surface area contributed by atoms with E-state index >= 15 is 0 Å². The number of benzene rings is 1. The van der Waals surface area contributed by atoms with Gasteiger partial charge in [0, 0.05) is 11.6 Å². The van der Waals surface area contributed by atoms with E-state index in [1.54, 1.807) is 6.08 Å². The fourth-order valence-corrected chi connectivity index (χ4v) is 1.96. The topological polar surface area (TPSA) is 29.5 Å². The van der Waals surface area contributed by atoms with E-state index in [9.17, 15) is 5.11 Å². The highest BCUT2D eigenvalue weighted by molar-refractivity contribution is 5.71. The Kier molecular flexibility index (Phi) is 2.15. The minimum absolute atomic E-state index is 0.256. The molecule has 3 rings (SSSR count). The second kappa shape index (κ2) is 3.67. The van der Waals surface area contributed by atoms with Crippen molar-refractivity contribution in [3.63, 3.8) is 0 Å². The summed E-state index contributed by atoms with van der Waals surface area (Å²) in [7, 11) is 0. The molecular formula is C15H12O2. The minimum atomic E-state index is 0.256. The highest BCUT2D eigenvalue weighted by Crippen LogP contribution is 2.34. The summed E-state index contributed by atoms with van der Waals surface area (Å²) in [6, 6.07) is 5.78. The van der Waals surface area contributed by atoms with Gasteiger partial charge in [-0.3, -0.25) is 0 Å². The Labute approximate surface area is 99.9 Å². The van der Waals surface area contributed by atoms with Crippen LogP contribution in [-0.2, 0) is 0 Å². The van der Waals surface area contributed by atoms with E-state index in [4.69, 9.17) is 4.74 Å². The Balaban J connectivity index is 2.12. The molecule has 2 heteroatoms. The maximum absolute atomic E-state index is 10.0. The quantitative estimate of drug-likeness (QED) is 0.728. The molecule has 2 aliphatic rings. The van der Waals surface area contributed by atoms with Crippen molar-refractivity contribution in [1.82, 2.24) is 0 Å². The molecule has 0 saturated carbocycles. The Morgan fingerprint density at radius 3 is 2.65 bits per heavy atom. The molecule has 17 heavy (non-hydrogen) atoms. The number of hydrogen-bond acceptors (Lipinski definition) is 2. The van der Waals surface area contributed by atoms with Gasteiger partial charge in [0.25, 0.3) is 0 Å². The standard InChI is InChI=1S/C15H12O2/c1-10-6-7-14-12(8-10)13(16)9-15(17-14)11-4-2-3-5-11/h2-9,16H,1H3. The smallest absolute Gasteiger partial charge is 0.138 e. The van der Waals surface area contributed by atoms with Crippen molar-refractivity contribution in [3.8, 4) is 5.75 Å². The minimum Gasteiger partial charge on any atom is -0.507 e. The summed E-state index contributed by atoms with van der Waals surface area (Å²) in [4.78, 5) is 0. The molecule has 0 amide bonds. The lowest BCUT2D eigenvalue weighted by Gasteiger charge is -2.18. The van der Waals surface area contributed by atoms with E-state index in [1.165, 1.54) is 0 Å². The van der Waals surface area contributed by atoms with Gasteiger partial charge in [-0.05, 0) is 19.1 Å². The monoisotopic (exact) mass is 224 g/mol. The number of aliphatic hydroxyl groups is 1. The molecule has 0 spiro atoms. The molecule has 0 saturated heterocycles. The van der Waals surface area contributed by atoms with Crippen LogP contribution in [0.25, 0.3) is 5.76 Å². The molecule has 2 nitrogen and oxygen atoms in total. The Morgan fingerprint density at radius 2 is 1.88 bits per heavy atom. The fourth-order valence-electron chi connectivity index (χ4n) is 1.96. The number of fused-ring (bicyclic) bond motifs is 1. The van der Waals surface area contributed by atoms with E-state index in [0.717, 1.165) is 16.7 Å². The first kappa shape index (κ1) is 9.97. The van der Waals surface area contributed by atoms with Gasteiger partial charge in [-0.25, -0.2) is 0 Å². The second-order valence-corrected chi connectivity index (χ2v) is 4.17. The average Bonchev–Trinajstić information content (AvgIpc) is 2.83. The summed E-state index contributed by atoms with van der Waals surface area (Å²) in [6.45, 7) is 1.99. The van der Waals surface area contributed by atoms with E-state index in [2.05, 4.69) is 0 Å². The molecule has 1 aromatic carbocycles. The maximum atomic E-state index is 10.0. The molecule has 0 aromatic heterocycles. The van der Waals surface area contributed by atoms with Crippen LogP contribution >= 0.6 is 0 Å². The number of rotatable bonds is 0. The van der Waals surface area contributed by atoms with Gasteiger partial charge in [-0.15, -0.1) is 0 Å². The molecular weight excluding hydrogens is 212 g/mol. The number of ether oxygens (including phenoxy) is 1. The molecule has 0 radical (unpaired) electrons. The van der Waals surface area contributed by atoms with Gasteiger partial charge >= 0.3 is 0 Å². The van der Waals surface area contributed by atoms with Gasteiger partial charge in [-0.1, -0.05) is 35.9 Å². The highest BCUT2D eigenvalue weighted by Gasteiger charge is 2.18. The SMILES string of the molecule is Cc1ccc2c(c1)C(O)=CC(=C1C=CC=C1)O2. The van der Waals surface area contributed by atoms with Gasteiger partial charge in [0.1, 0.15) is 17.3 Å². The van der Waals surface area contributed by atoms with Crippen LogP contribution in [0.15, 0.2) is 59.9 Å². The van der Waals surface area contributed by atoms with Crippen molar-refractivity contribution in [2.75, 3.05) is 0 Å². The predicted molar refractivity (Wildman–Crippen MR) is 67.7 cm³/mol. The molecule has 84 valence electrons. The van der Waals surface area contributed by atoms with Crippen molar-refractivity contribution in [3.05, 3.63) is 71.0 Å². The first-order valence-electron chi connectivity index (χ1n) is 5.52. The van der Waals surface area contributed by atoms with Crippen molar-refractivity contribution in [1.29, 1.82) is 0 Å². The molecule has 1 aromatic rings. The second-order valence-electron chi connectivity index (χ2n) is 4.17. The largest absolute Gasteiger partial charge is 0.507 e. The lowest BCUT2D eigenvalue weighted by atomic mass is 10.1. The molecule has 1 aliphatic carbocycles. The zero-order valence-electron chi connectivity index (χ0n) is 9.47. The highest BCUT2D eigenvalue weighted by atomic mass is 16.5. The molecule has 0 bridgehead atoms. The summed E-state index contributed by atoms with van der Waals surface area (Å²) in [5.41, 5.74) is 2.83. The van der Waals surface area contributed by atoms with Crippen LogP contribution in [-0.4, -0.2) is 5.11 Å². The predicted octanol–water partition coefficient (Wildman–Crippen LogP) is 3.67. The van der Waals surface area contributed by atoms with Crippen molar-refractivity contribution >= 4 is 5.76 Å². The van der Waals surface area contributed by atoms with Crippen molar-refractivity contribution in [2.24, 2.45) is 0 Å². The van der Waals surface area contributed by atoms with Gasteiger partial charge in [0.05, 0.1) is 5.56 Å². The molecule has 1 aliphatic heterocycles. The summed E-state index contributed by atoms with van der Waals surface area (Å²) in [5.74, 6) is 1.64. The van der Waals surface area contributed by atoms with Crippen LogP contribution in [0, 0.1) is 6.92 Å². The first-order valence-corrected chi connectivity index (χ1v) is 5.52. The van der Waals surface area contributed by atoms with Crippen molar-refractivity contribution in [2.45, 2.75) is 6.92 Å². The third kappa shape index (κ3) is 1.68. The van der Waals surface area contributed by atoms with E-state index in [-0.39, 0.29) is 5.76 Å². The van der Waals surface area contributed by atoms with Crippen LogP contribution in [0.3, 0.4) is 0 Å². The zero-order valence-corrected chi connectivity index (χ0v) is 9.47. The summed E-state index contributed by atoms with van der Waals surface area (Å²) < 4.78 is 5.78. The molecule has 0 fully saturated rings. The first-order chi connectivity index (χ1) is 8.24. The fraction of sp³-hybridized carbons (Fsp3) is 0.0667. The van der Waals surface area contributed by atoms with Crippen LogP contribution in [0.2, 0.25) is 0 Å². The number of hydrogen-bond donors (Lipinski definition) is 1. The lowest BCUT2D eigenvalue weighted by Crippen LogP contribution is -2.05. The normalized spacial score (nSPS) is 16.9. The van der Waals surface area contributed by atoms with Crippen LogP contribution < -0.4 is 4.74 Å². The molecule has 0 unspecified atom stereocenters. The lowest BCUT2D eigenvalue weighted by molar-refractivity contribution is 0.416. The number of aryl methyl sites for hydroxylation is 1. The average molecular weight is 224 g/mol. The Hall–Kier alpha value is -2.22. The number of aliphatic hydroxyl groups excluding tert-OH is 1. The van der Waals surface area contributed by atoms with Crippen LogP contribution in [0.5, 0.6) is 5.75 Å². The van der Waals surface area contributed by atoms with Crippen LogP contribution in [0.4, 0.5) is 0 Å². The van der Waals surface area contributed by atoms with E-state index in [1.807, 2.05) is 49.4 Å². The third-order valence-electron chi connectivity index (χ3n) is 2.85. The van der Waals surface area contributed by atoms with E-state index < -0.39 is 0 Å². The van der Waals surface area contributed by atoms with Crippen molar-refractivity contribution < 1.29 is 9.84 Å². The van der Waals surface area contributed by atoms with Gasteiger partial charge in [-0.2, -0.15) is 0 Å². The molecule has 1 heterocycles. The van der Waals surface area contributed by atoms with Crippen LogP contribution in [0.1, 0.15) is 11.1 Å². The number of allylic oxidation sites excluding steroid dienone is 6. The van der Waals surface area contributed by atoms with Gasteiger partial charge < -0.3 is 9.84 Å². The van der Waals surface area contributed by atoms with E-state index in [0.29, 0.717) is 11.5 Å². The van der Waals surface area contributed by atoms with Gasteiger partial charge in [0.2, 0.25) is 0 Å². The van der Waals surface area contributed by atoms with Gasteiger partial charge in [0.15, 0.2) is 0 Å².